The van der Waals surface area contributed by atoms with E-state index in [0.717, 1.165) is 17.7 Å². The quantitative estimate of drug-likeness (QED) is 0.872. The lowest BCUT2D eigenvalue weighted by Crippen LogP contribution is -2.14. The van der Waals surface area contributed by atoms with Crippen LogP contribution in [0.1, 0.15) is 51.3 Å². The lowest BCUT2D eigenvalue weighted by Gasteiger charge is -2.23. The number of nitrogens with zero attached hydrogens (tertiary/aromatic N) is 1. The Bertz CT molecular complexity index is 588. The van der Waals surface area contributed by atoms with Crippen LogP contribution >= 0.6 is 0 Å². The highest BCUT2D eigenvalue weighted by atomic mass is 16.5. The number of aliphatic hydroxyl groups excluding tert-OH is 1. The highest BCUT2D eigenvalue weighted by Crippen LogP contribution is 2.29. The molecule has 0 amide bonds. The third-order valence-corrected chi connectivity index (χ3v) is 3.98. The van der Waals surface area contributed by atoms with E-state index in [1.165, 1.54) is 5.56 Å². The number of ether oxygens (including phenoxy) is 1. The predicted molar refractivity (Wildman–Crippen MR) is 84.7 cm³/mol. The third-order valence-electron chi connectivity index (χ3n) is 3.98. The minimum Gasteiger partial charge on any atom is -0.439 e. The van der Waals surface area contributed by atoms with Crippen LogP contribution < -0.4 is 4.74 Å². The van der Waals surface area contributed by atoms with Gasteiger partial charge in [0.25, 0.3) is 0 Å². The van der Waals surface area contributed by atoms with Gasteiger partial charge in [-0.1, -0.05) is 32.9 Å². The Hall–Kier alpha value is -1.87. The Morgan fingerprint density at radius 2 is 1.86 bits per heavy atom. The van der Waals surface area contributed by atoms with Gasteiger partial charge in [0, 0.05) is 12.3 Å². The summed E-state index contributed by atoms with van der Waals surface area (Å²) >= 11 is 0. The van der Waals surface area contributed by atoms with Crippen molar-refractivity contribution in [1.29, 1.82) is 0 Å². The van der Waals surface area contributed by atoms with E-state index < -0.39 is 6.10 Å². The molecule has 0 aliphatic heterocycles. The molecule has 112 valence electrons. The number of benzene rings is 1. The van der Waals surface area contributed by atoms with E-state index in [9.17, 15) is 5.11 Å². The van der Waals surface area contributed by atoms with Crippen LogP contribution in [0.5, 0.6) is 11.6 Å². The van der Waals surface area contributed by atoms with Crippen molar-refractivity contribution >= 4 is 0 Å². The molecule has 0 unspecified atom stereocenters. The number of hydrogen-bond donors (Lipinski definition) is 1. The molecular weight excluding hydrogens is 262 g/mol. The molecule has 21 heavy (non-hydrogen) atoms. The Kier molecular flexibility index (Phi) is 4.63. The van der Waals surface area contributed by atoms with Gasteiger partial charge in [0.1, 0.15) is 5.75 Å². The molecule has 0 fully saturated rings. The van der Waals surface area contributed by atoms with Crippen molar-refractivity contribution < 1.29 is 9.84 Å². The molecule has 0 spiro atoms. The van der Waals surface area contributed by atoms with E-state index >= 15 is 0 Å². The second-order valence-corrected chi connectivity index (χ2v) is 5.97. The monoisotopic (exact) mass is 285 g/mol. The van der Waals surface area contributed by atoms with Crippen molar-refractivity contribution in [2.75, 3.05) is 0 Å². The normalized spacial score (nSPS) is 13.0. The van der Waals surface area contributed by atoms with Crippen LogP contribution in [0.15, 0.2) is 42.6 Å². The summed E-state index contributed by atoms with van der Waals surface area (Å²) in [5.74, 6) is 1.25. The molecule has 0 aliphatic carbocycles. The molecule has 1 N–H and O–H groups in total. The van der Waals surface area contributed by atoms with Gasteiger partial charge < -0.3 is 9.84 Å². The van der Waals surface area contributed by atoms with Crippen LogP contribution in [0.4, 0.5) is 0 Å². The summed E-state index contributed by atoms with van der Waals surface area (Å²) in [6.07, 6.45) is 2.21. The lowest BCUT2D eigenvalue weighted by molar-refractivity contribution is 0.198. The lowest BCUT2D eigenvalue weighted by atomic mass is 9.82. The van der Waals surface area contributed by atoms with Crippen LogP contribution in [0.2, 0.25) is 0 Å². The van der Waals surface area contributed by atoms with Gasteiger partial charge in [-0.2, -0.15) is 0 Å². The second kappa shape index (κ2) is 6.27. The van der Waals surface area contributed by atoms with E-state index in [-0.39, 0.29) is 5.41 Å². The molecule has 3 nitrogen and oxygen atoms in total. The fourth-order valence-corrected chi connectivity index (χ4v) is 2.04. The topological polar surface area (TPSA) is 42.4 Å². The summed E-state index contributed by atoms with van der Waals surface area (Å²) in [5, 5.41) is 9.58. The highest BCUT2D eigenvalue weighted by molar-refractivity contribution is 5.34. The Balaban J connectivity index is 2.15. The van der Waals surface area contributed by atoms with Crippen LogP contribution in [0.25, 0.3) is 0 Å². The molecule has 0 aliphatic rings. The molecule has 0 saturated carbocycles. The molecular formula is C18H23NO2. The van der Waals surface area contributed by atoms with E-state index in [2.05, 4.69) is 37.9 Å². The summed E-state index contributed by atoms with van der Waals surface area (Å²) in [7, 11) is 0. The predicted octanol–water partition coefficient (Wildman–Crippen LogP) is 4.61. The summed E-state index contributed by atoms with van der Waals surface area (Å²) in [4.78, 5) is 4.17. The molecule has 1 heterocycles. The number of pyridine rings is 1. The molecule has 2 rings (SSSR count). The van der Waals surface area contributed by atoms with Gasteiger partial charge in [-0.05, 0) is 48.1 Å². The minimum absolute atomic E-state index is 0.170. The van der Waals surface area contributed by atoms with Gasteiger partial charge in [-0.15, -0.1) is 0 Å². The average molecular weight is 285 g/mol. The van der Waals surface area contributed by atoms with Crippen LogP contribution in [-0.4, -0.2) is 10.1 Å². The van der Waals surface area contributed by atoms with Gasteiger partial charge in [-0.3, -0.25) is 0 Å². The third kappa shape index (κ3) is 3.82. The van der Waals surface area contributed by atoms with E-state index in [1.54, 1.807) is 25.3 Å². The molecule has 0 saturated heterocycles. The van der Waals surface area contributed by atoms with Crippen molar-refractivity contribution in [2.24, 2.45) is 0 Å². The maximum atomic E-state index is 9.58. The SMILES string of the molecule is CCC(C)(C)c1ccc(Oc2cc([C@@H](C)O)ccn2)cc1. The largest absolute Gasteiger partial charge is 0.439 e. The Morgan fingerprint density at radius 1 is 1.19 bits per heavy atom. The van der Waals surface area contributed by atoms with Crippen LogP contribution in [0, 0.1) is 0 Å². The molecule has 0 radical (unpaired) electrons. The van der Waals surface area contributed by atoms with Gasteiger partial charge in [0.15, 0.2) is 0 Å². The van der Waals surface area contributed by atoms with Gasteiger partial charge in [0.2, 0.25) is 5.88 Å². The zero-order valence-corrected chi connectivity index (χ0v) is 13.1. The van der Waals surface area contributed by atoms with Gasteiger partial charge >= 0.3 is 0 Å². The van der Waals surface area contributed by atoms with E-state index in [4.69, 9.17) is 4.74 Å². The van der Waals surface area contributed by atoms with E-state index in [0.29, 0.717) is 5.88 Å². The maximum Gasteiger partial charge on any atom is 0.219 e. The fraction of sp³-hybridized carbons (Fsp3) is 0.389. The van der Waals surface area contributed by atoms with Crippen molar-refractivity contribution in [3.8, 4) is 11.6 Å². The molecule has 0 bridgehead atoms. The average Bonchev–Trinajstić information content (AvgIpc) is 2.48. The fourth-order valence-electron chi connectivity index (χ4n) is 2.04. The number of aromatic nitrogens is 1. The number of hydrogen-bond acceptors (Lipinski definition) is 3. The molecule has 1 aromatic heterocycles. The first-order chi connectivity index (χ1) is 9.92. The zero-order chi connectivity index (χ0) is 15.5. The first-order valence-electron chi connectivity index (χ1n) is 7.35. The number of aliphatic hydroxyl groups is 1. The smallest absolute Gasteiger partial charge is 0.219 e. The van der Waals surface area contributed by atoms with E-state index in [1.807, 2.05) is 12.1 Å². The van der Waals surface area contributed by atoms with Crippen molar-refractivity contribution in [3.05, 3.63) is 53.7 Å². The minimum atomic E-state index is -0.525. The van der Waals surface area contributed by atoms with Crippen molar-refractivity contribution in [2.45, 2.75) is 45.6 Å². The zero-order valence-electron chi connectivity index (χ0n) is 13.1. The maximum absolute atomic E-state index is 9.58. The first kappa shape index (κ1) is 15.5. The summed E-state index contributed by atoms with van der Waals surface area (Å²) in [6.45, 7) is 8.38. The van der Waals surface area contributed by atoms with Crippen molar-refractivity contribution in [3.63, 3.8) is 0 Å². The van der Waals surface area contributed by atoms with Crippen LogP contribution in [-0.2, 0) is 5.41 Å². The van der Waals surface area contributed by atoms with Crippen molar-refractivity contribution in [1.82, 2.24) is 4.98 Å². The summed E-state index contributed by atoms with van der Waals surface area (Å²) in [5.41, 5.74) is 2.26. The molecule has 3 heteroatoms. The Morgan fingerprint density at radius 3 is 2.43 bits per heavy atom. The second-order valence-electron chi connectivity index (χ2n) is 5.97. The number of rotatable bonds is 5. The highest BCUT2D eigenvalue weighted by Gasteiger charge is 2.17. The molecule has 2 aromatic rings. The standard InChI is InChI=1S/C18H23NO2/c1-5-18(3,4)15-6-8-16(9-7-15)21-17-12-14(13(2)20)10-11-19-17/h6-13,20H,5H2,1-4H3/t13-/m1/s1. The summed E-state index contributed by atoms with van der Waals surface area (Å²) in [6, 6.07) is 11.7. The first-order valence-corrected chi connectivity index (χ1v) is 7.35. The molecule has 1 aromatic carbocycles. The Labute approximate surface area is 126 Å². The van der Waals surface area contributed by atoms with Gasteiger partial charge in [-0.25, -0.2) is 4.98 Å². The van der Waals surface area contributed by atoms with Crippen LogP contribution in [0.3, 0.4) is 0 Å². The summed E-state index contributed by atoms with van der Waals surface area (Å²) < 4.78 is 5.75. The molecule has 1 atom stereocenters. The van der Waals surface area contributed by atoms with Gasteiger partial charge in [0.05, 0.1) is 6.10 Å².